The van der Waals surface area contributed by atoms with Gasteiger partial charge in [0.05, 0.1) is 29.4 Å². The van der Waals surface area contributed by atoms with Gasteiger partial charge in [0.25, 0.3) is 0 Å². The van der Waals surface area contributed by atoms with Crippen molar-refractivity contribution in [2.45, 2.75) is 20.4 Å². The summed E-state index contributed by atoms with van der Waals surface area (Å²) in [5.74, 6) is 0.422. The smallest absolute Gasteiger partial charge is 0.226 e. The van der Waals surface area contributed by atoms with Crippen LogP contribution in [0.15, 0.2) is 11.7 Å². The number of carbonyl (C=O) groups excluding carboxylic acids is 1. The molecule has 5 nitrogen and oxygen atoms in total. The topological polar surface area (TPSA) is 57.0 Å². The van der Waals surface area contributed by atoms with E-state index in [1.165, 1.54) is 18.4 Å². The van der Waals surface area contributed by atoms with Gasteiger partial charge in [-0.3, -0.25) is 9.48 Å². The Morgan fingerprint density at radius 1 is 1.59 bits per heavy atom. The average molecular weight is 251 g/mol. The quantitative estimate of drug-likeness (QED) is 0.779. The number of aromatic nitrogens is 3. The molecule has 0 saturated heterocycles. The predicted octanol–water partition coefficient (Wildman–Crippen LogP) is 1.91. The minimum Gasteiger partial charge on any atom is -0.493 e. The maximum Gasteiger partial charge on any atom is 0.226 e. The van der Waals surface area contributed by atoms with E-state index in [-0.39, 0.29) is 5.78 Å². The minimum absolute atomic E-state index is 0.0822. The molecule has 0 fully saturated rings. The lowest BCUT2D eigenvalue weighted by Crippen LogP contribution is -2.11. The monoisotopic (exact) mass is 251 g/mol. The summed E-state index contributed by atoms with van der Waals surface area (Å²) in [4.78, 5) is 17.1. The summed E-state index contributed by atoms with van der Waals surface area (Å²) < 4.78 is 6.81. The second-order valence-corrected chi connectivity index (χ2v) is 4.33. The highest BCUT2D eigenvalue weighted by Gasteiger charge is 2.23. The maximum atomic E-state index is 12.4. The van der Waals surface area contributed by atoms with Crippen LogP contribution in [0.5, 0.6) is 5.75 Å². The van der Waals surface area contributed by atoms with E-state index in [9.17, 15) is 4.79 Å². The molecule has 0 aliphatic heterocycles. The highest BCUT2D eigenvalue weighted by atomic mass is 32.1. The fourth-order valence-corrected chi connectivity index (χ4v) is 2.36. The summed E-state index contributed by atoms with van der Waals surface area (Å²) in [6.07, 6.45) is 1.56. The molecule has 2 aromatic rings. The first kappa shape index (κ1) is 11.8. The highest BCUT2D eigenvalue weighted by molar-refractivity contribution is 7.12. The van der Waals surface area contributed by atoms with E-state index in [2.05, 4.69) is 10.1 Å². The average Bonchev–Trinajstić information content (AvgIpc) is 2.93. The normalized spacial score (nSPS) is 10.5. The van der Waals surface area contributed by atoms with Gasteiger partial charge in [0, 0.05) is 6.54 Å². The molecule has 2 rings (SSSR count). The lowest BCUT2D eigenvalue weighted by molar-refractivity contribution is 0.102. The molecule has 17 heavy (non-hydrogen) atoms. The Hall–Kier alpha value is -1.69. The van der Waals surface area contributed by atoms with Crippen LogP contribution < -0.4 is 4.74 Å². The first-order valence-electron chi connectivity index (χ1n) is 5.23. The molecule has 2 aromatic heterocycles. The molecule has 0 aliphatic rings. The number of ether oxygens (including phenoxy) is 1. The largest absolute Gasteiger partial charge is 0.493 e. The van der Waals surface area contributed by atoms with Gasteiger partial charge >= 0.3 is 0 Å². The second kappa shape index (κ2) is 4.67. The van der Waals surface area contributed by atoms with Crippen LogP contribution in [-0.4, -0.2) is 27.7 Å². The molecular weight excluding hydrogens is 238 g/mol. The van der Waals surface area contributed by atoms with Crippen molar-refractivity contribution in [1.82, 2.24) is 14.8 Å². The van der Waals surface area contributed by atoms with E-state index in [0.29, 0.717) is 22.9 Å². The molecule has 90 valence electrons. The summed E-state index contributed by atoms with van der Waals surface area (Å²) in [5.41, 5.74) is 2.90. The third-order valence-electron chi connectivity index (χ3n) is 2.49. The second-order valence-electron chi connectivity index (χ2n) is 3.47. The Bertz CT molecular complexity index is 523. The Labute approximate surface area is 103 Å². The van der Waals surface area contributed by atoms with Crippen molar-refractivity contribution in [1.29, 1.82) is 0 Å². The molecule has 0 aromatic carbocycles. The number of hydrogen-bond donors (Lipinski definition) is 0. The number of methoxy groups -OCH3 is 1. The molecule has 0 saturated carbocycles. The van der Waals surface area contributed by atoms with E-state index in [4.69, 9.17) is 4.74 Å². The molecule has 0 bridgehead atoms. The standard InChI is InChI=1S/C11H13N3O2S/c1-4-14-9(8(16-3)5-13-14)10(15)11-7(2)12-6-17-11/h5-6H,4H2,1-3H3. The first-order valence-corrected chi connectivity index (χ1v) is 6.11. The number of nitrogens with zero attached hydrogens (tertiary/aromatic N) is 3. The van der Waals surface area contributed by atoms with Gasteiger partial charge in [-0.2, -0.15) is 5.10 Å². The van der Waals surface area contributed by atoms with E-state index in [0.717, 1.165) is 5.69 Å². The molecule has 6 heteroatoms. The zero-order valence-electron chi connectivity index (χ0n) is 9.93. The van der Waals surface area contributed by atoms with Gasteiger partial charge in [0.2, 0.25) is 5.78 Å². The molecule has 2 heterocycles. The number of aryl methyl sites for hydroxylation is 2. The van der Waals surface area contributed by atoms with E-state index in [1.54, 1.807) is 16.4 Å². The van der Waals surface area contributed by atoms with E-state index < -0.39 is 0 Å². The van der Waals surface area contributed by atoms with Crippen LogP contribution >= 0.6 is 11.3 Å². The molecule has 0 atom stereocenters. The lowest BCUT2D eigenvalue weighted by Gasteiger charge is -2.05. The fraction of sp³-hybridized carbons (Fsp3) is 0.364. The van der Waals surface area contributed by atoms with Crippen molar-refractivity contribution in [3.8, 4) is 5.75 Å². The number of carbonyl (C=O) groups is 1. The van der Waals surface area contributed by atoms with Crippen molar-refractivity contribution >= 4 is 17.1 Å². The summed E-state index contributed by atoms with van der Waals surface area (Å²) in [6, 6.07) is 0. The van der Waals surface area contributed by atoms with Crippen molar-refractivity contribution in [2.24, 2.45) is 0 Å². The number of thiazole rings is 1. The van der Waals surface area contributed by atoms with Crippen LogP contribution in [-0.2, 0) is 6.54 Å². The highest BCUT2D eigenvalue weighted by Crippen LogP contribution is 2.24. The van der Waals surface area contributed by atoms with Crippen LogP contribution in [0.3, 0.4) is 0 Å². The van der Waals surface area contributed by atoms with Gasteiger partial charge in [0.15, 0.2) is 11.4 Å². The zero-order chi connectivity index (χ0) is 12.4. The molecule has 0 unspecified atom stereocenters. The summed E-state index contributed by atoms with van der Waals surface area (Å²) in [5, 5.41) is 4.12. The Balaban J connectivity index is 2.50. The lowest BCUT2D eigenvalue weighted by atomic mass is 10.2. The van der Waals surface area contributed by atoms with E-state index in [1.807, 2.05) is 13.8 Å². The Morgan fingerprint density at radius 3 is 2.88 bits per heavy atom. The molecular formula is C11H13N3O2S. The van der Waals surface area contributed by atoms with Crippen molar-refractivity contribution < 1.29 is 9.53 Å². The van der Waals surface area contributed by atoms with Gasteiger partial charge in [-0.25, -0.2) is 4.98 Å². The van der Waals surface area contributed by atoms with E-state index >= 15 is 0 Å². The number of hydrogen-bond acceptors (Lipinski definition) is 5. The van der Waals surface area contributed by atoms with Gasteiger partial charge < -0.3 is 4.74 Å². The van der Waals surface area contributed by atoms with Gasteiger partial charge in [-0.1, -0.05) is 0 Å². The SMILES string of the molecule is CCn1ncc(OC)c1C(=O)c1scnc1C. The fourth-order valence-electron chi connectivity index (χ4n) is 1.61. The summed E-state index contributed by atoms with van der Waals surface area (Å²) in [6.45, 7) is 4.38. The molecule has 0 spiro atoms. The Kier molecular flexibility index (Phi) is 3.23. The minimum atomic E-state index is -0.0822. The molecule has 0 amide bonds. The molecule has 0 radical (unpaired) electrons. The number of ketones is 1. The molecule has 0 aliphatic carbocycles. The van der Waals surface area contributed by atoms with Crippen LogP contribution in [0, 0.1) is 6.92 Å². The van der Waals surface area contributed by atoms with Gasteiger partial charge in [0.1, 0.15) is 0 Å². The zero-order valence-corrected chi connectivity index (χ0v) is 10.7. The summed E-state index contributed by atoms with van der Waals surface area (Å²) in [7, 11) is 1.54. The van der Waals surface area contributed by atoms with Crippen molar-refractivity contribution in [3.63, 3.8) is 0 Å². The third-order valence-corrected chi connectivity index (χ3v) is 3.42. The van der Waals surface area contributed by atoms with Gasteiger partial charge in [-0.05, 0) is 13.8 Å². The first-order chi connectivity index (χ1) is 8.19. The molecule has 0 N–H and O–H groups in total. The van der Waals surface area contributed by atoms with Crippen molar-refractivity contribution in [3.05, 3.63) is 28.0 Å². The van der Waals surface area contributed by atoms with Crippen LogP contribution in [0.4, 0.5) is 0 Å². The van der Waals surface area contributed by atoms with Crippen molar-refractivity contribution in [2.75, 3.05) is 7.11 Å². The van der Waals surface area contributed by atoms with Gasteiger partial charge in [-0.15, -0.1) is 11.3 Å². The Morgan fingerprint density at radius 2 is 2.35 bits per heavy atom. The van der Waals surface area contributed by atoms with Crippen LogP contribution in [0.1, 0.15) is 28.0 Å². The predicted molar refractivity (Wildman–Crippen MR) is 64.7 cm³/mol. The maximum absolute atomic E-state index is 12.4. The third kappa shape index (κ3) is 1.95. The number of rotatable bonds is 4. The van der Waals surface area contributed by atoms with Crippen LogP contribution in [0.25, 0.3) is 0 Å². The summed E-state index contributed by atoms with van der Waals surface area (Å²) >= 11 is 1.34. The van der Waals surface area contributed by atoms with Crippen LogP contribution in [0.2, 0.25) is 0 Å².